The summed E-state index contributed by atoms with van der Waals surface area (Å²) in [7, 11) is -3.99. The third kappa shape index (κ3) is 5.47. The molecule has 0 spiro atoms. The minimum atomic E-state index is -3.99. The molecule has 0 aromatic heterocycles. The molecule has 0 unspecified atom stereocenters. The fourth-order valence-corrected chi connectivity index (χ4v) is 3.51. The number of primary amides is 1. The second-order valence-corrected chi connectivity index (χ2v) is 8.12. The summed E-state index contributed by atoms with van der Waals surface area (Å²) in [6.07, 6.45) is 0. The number of ether oxygens (including phenoxy) is 2. The van der Waals surface area contributed by atoms with E-state index in [4.69, 9.17) is 20.3 Å². The molecule has 1 fully saturated rings. The van der Waals surface area contributed by atoms with Gasteiger partial charge in [0.15, 0.2) is 6.61 Å². The van der Waals surface area contributed by atoms with Gasteiger partial charge < -0.3 is 25.4 Å². The largest absolute Gasteiger partial charge is 0.484 e. The maximum Gasteiger partial charge on any atom is 0.257 e. The third-order valence-corrected chi connectivity index (χ3v) is 5.28. The van der Waals surface area contributed by atoms with Crippen LogP contribution in [0.25, 0.3) is 0 Å². The van der Waals surface area contributed by atoms with Crippen molar-refractivity contribution in [2.45, 2.75) is 4.90 Å². The first kappa shape index (κ1) is 21.6. The van der Waals surface area contributed by atoms with Crippen molar-refractivity contribution in [3.05, 3.63) is 48.0 Å². The van der Waals surface area contributed by atoms with Gasteiger partial charge in [-0.2, -0.15) is 0 Å². The summed E-state index contributed by atoms with van der Waals surface area (Å²) in [6.45, 7) is 1.82. The molecule has 0 aliphatic carbocycles. The molecule has 0 atom stereocenters. The molecule has 5 N–H and O–H groups in total. The quantitative estimate of drug-likeness (QED) is 0.566. The average molecular weight is 434 g/mol. The number of benzene rings is 2. The lowest BCUT2D eigenvalue weighted by Crippen LogP contribution is -2.37. The number of anilines is 2. The van der Waals surface area contributed by atoms with Gasteiger partial charge in [-0.05, 0) is 30.3 Å². The van der Waals surface area contributed by atoms with Gasteiger partial charge >= 0.3 is 0 Å². The van der Waals surface area contributed by atoms with E-state index in [0.717, 1.165) is 0 Å². The van der Waals surface area contributed by atoms with E-state index < -0.39 is 21.8 Å². The molecule has 2 amide bonds. The second kappa shape index (κ2) is 9.11. The van der Waals surface area contributed by atoms with E-state index >= 15 is 0 Å². The lowest BCUT2D eigenvalue weighted by Gasteiger charge is -2.30. The minimum Gasteiger partial charge on any atom is -0.484 e. The van der Waals surface area contributed by atoms with Gasteiger partial charge in [-0.15, -0.1) is 0 Å². The Hall–Kier alpha value is -3.15. The topological polar surface area (TPSA) is 154 Å². The van der Waals surface area contributed by atoms with E-state index in [0.29, 0.717) is 43.4 Å². The smallest absolute Gasteiger partial charge is 0.257 e. The van der Waals surface area contributed by atoms with Gasteiger partial charge in [-0.1, -0.05) is 6.07 Å². The third-order valence-electron chi connectivity index (χ3n) is 4.37. The van der Waals surface area contributed by atoms with Crippen LogP contribution in [0.15, 0.2) is 47.4 Å². The zero-order chi connectivity index (χ0) is 21.7. The number of primary sulfonamides is 1. The van der Waals surface area contributed by atoms with Crippen LogP contribution in [-0.2, 0) is 19.6 Å². The zero-order valence-corrected chi connectivity index (χ0v) is 16.9. The SMILES string of the molecule is NC(=O)COc1cccc(NC(=O)c2cc(S(N)(=O)=O)ccc2N2CCOCC2)c1. The molecule has 0 saturated carbocycles. The first-order chi connectivity index (χ1) is 14.2. The van der Waals surface area contributed by atoms with Crippen molar-refractivity contribution in [1.29, 1.82) is 0 Å². The molecule has 30 heavy (non-hydrogen) atoms. The summed E-state index contributed by atoms with van der Waals surface area (Å²) < 4.78 is 34.1. The highest BCUT2D eigenvalue weighted by Gasteiger charge is 2.22. The molecule has 1 saturated heterocycles. The number of nitrogens with two attached hydrogens (primary N) is 2. The number of nitrogens with zero attached hydrogens (tertiary/aromatic N) is 1. The van der Waals surface area contributed by atoms with E-state index in [1.807, 2.05) is 4.90 Å². The van der Waals surface area contributed by atoms with E-state index in [1.54, 1.807) is 24.3 Å². The highest BCUT2D eigenvalue weighted by Crippen LogP contribution is 2.26. The molecule has 0 radical (unpaired) electrons. The fourth-order valence-electron chi connectivity index (χ4n) is 2.97. The Morgan fingerprint density at radius 3 is 2.53 bits per heavy atom. The molecule has 160 valence electrons. The minimum absolute atomic E-state index is 0.159. The van der Waals surface area contributed by atoms with Crippen LogP contribution in [0.1, 0.15) is 10.4 Å². The van der Waals surface area contributed by atoms with Gasteiger partial charge in [0.2, 0.25) is 10.0 Å². The van der Waals surface area contributed by atoms with Crippen LogP contribution in [0.2, 0.25) is 0 Å². The summed E-state index contributed by atoms with van der Waals surface area (Å²) in [5.74, 6) is -0.799. The van der Waals surface area contributed by atoms with Gasteiger partial charge in [0, 0.05) is 30.5 Å². The lowest BCUT2D eigenvalue weighted by atomic mass is 10.1. The normalized spacial score (nSPS) is 14.2. The monoisotopic (exact) mass is 434 g/mol. The Kier molecular flexibility index (Phi) is 6.55. The highest BCUT2D eigenvalue weighted by atomic mass is 32.2. The van der Waals surface area contributed by atoms with E-state index in [-0.39, 0.29) is 17.1 Å². The van der Waals surface area contributed by atoms with Crippen molar-refractivity contribution in [2.75, 3.05) is 43.1 Å². The highest BCUT2D eigenvalue weighted by molar-refractivity contribution is 7.89. The Morgan fingerprint density at radius 2 is 1.87 bits per heavy atom. The molecule has 1 aliphatic rings. The number of morpholine rings is 1. The number of hydrogen-bond donors (Lipinski definition) is 3. The molecular weight excluding hydrogens is 412 g/mol. The van der Waals surface area contributed by atoms with E-state index in [9.17, 15) is 18.0 Å². The molecule has 1 aliphatic heterocycles. The number of rotatable bonds is 7. The number of amides is 2. The summed E-state index contributed by atoms with van der Waals surface area (Å²) in [5, 5.41) is 7.95. The van der Waals surface area contributed by atoms with E-state index in [2.05, 4.69) is 5.32 Å². The summed E-state index contributed by atoms with van der Waals surface area (Å²) >= 11 is 0. The maximum atomic E-state index is 13.0. The van der Waals surface area contributed by atoms with Crippen molar-refractivity contribution in [1.82, 2.24) is 0 Å². The molecule has 3 rings (SSSR count). The van der Waals surface area contributed by atoms with Crippen molar-refractivity contribution in [3.8, 4) is 5.75 Å². The first-order valence-electron chi connectivity index (χ1n) is 9.06. The van der Waals surface area contributed by atoms with Gasteiger partial charge in [-0.25, -0.2) is 13.6 Å². The Balaban J connectivity index is 1.89. The molecule has 10 nitrogen and oxygen atoms in total. The summed E-state index contributed by atoms with van der Waals surface area (Å²) in [6, 6.07) is 10.6. The van der Waals surface area contributed by atoms with Crippen LogP contribution in [0.3, 0.4) is 0 Å². The predicted molar refractivity (Wildman–Crippen MR) is 110 cm³/mol. The molecule has 11 heteroatoms. The van der Waals surface area contributed by atoms with Crippen LogP contribution in [0.4, 0.5) is 11.4 Å². The van der Waals surface area contributed by atoms with Gasteiger partial charge in [0.1, 0.15) is 5.75 Å². The van der Waals surface area contributed by atoms with Crippen LogP contribution < -0.4 is 25.8 Å². The lowest BCUT2D eigenvalue weighted by molar-refractivity contribution is -0.119. The van der Waals surface area contributed by atoms with Gasteiger partial charge in [-0.3, -0.25) is 9.59 Å². The molecule has 2 aromatic carbocycles. The number of carbonyl (C=O) groups excluding carboxylic acids is 2. The summed E-state index contributed by atoms with van der Waals surface area (Å²) in [5.41, 5.74) is 6.20. The molecular formula is C19H22N4O6S. The number of nitrogens with one attached hydrogen (secondary N) is 1. The Bertz CT molecular complexity index is 1050. The summed E-state index contributed by atoms with van der Waals surface area (Å²) in [4.78, 5) is 25.7. The standard InChI is InChI=1S/C19H22N4O6S/c20-18(24)12-29-14-3-1-2-13(10-14)22-19(25)16-11-15(30(21,26)27)4-5-17(16)23-6-8-28-9-7-23/h1-5,10-11H,6-9,12H2,(H2,20,24)(H,22,25)(H2,21,26,27). The average Bonchev–Trinajstić information content (AvgIpc) is 2.72. The molecule has 2 aromatic rings. The van der Waals surface area contributed by atoms with Crippen LogP contribution in [0.5, 0.6) is 5.75 Å². The van der Waals surface area contributed by atoms with Crippen molar-refractivity contribution in [3.63, 3.8) is 0 Å². The van der Waals surface area contributed by atoms with E-state index in [1.165, 1.54) is 18.2 Å². The Labute approximate surface area is 173 Å². The van der Waals surface area contributed by atoms with Crippen molar-refractivity contribution < 1.29 is 27.5 Å². The number of carbonyl (C=O) groups is 2. The Morgan fingerprint density at radius 1 is 1.13 bits per heavy atom. The maximum absolute atomic E-state index is 13.0. The fraction of sp³-hybridized carbons (Fsp3) is 0.263. The van der Waals surface area contributed by atoms with Crippen LogP contribution in [-0.4, -0.2) is 53.1 Å². The zero-order valence-electron chi connectivity index (χ0n) is 16.0. The van der Waals surface area contributed by atoms with Gasteiger partial charge in [0.25, 0.3) is 11.8 Å². The van der Waals surface area contributed by atoms with Crippen molar-refractivity contribution in [2.24, 2.45) is 10.9 Å². The first-order valence-corrected chi connectivity index (χ1v) is 10.6. The molecule has 0 bridgehead atoms. The van der Waals surface area contributed by atoms with Crippen LogP contribution >= 0.6 is 0 Å². The predicted octanol–water partition coefficient (Wildman–Crippen LogP) is 0.287. The number of hydrogen-bond acceptors (Lipinski definition) is 7. The number of sulfonamides is 1. The van der Waals surface area contributed by atoms with Gasteiger partial charge in [0.05, 0.1) is 23.7 Å². The second-order valence-electron chi connectivity index (χ2n) is 6.56. The van der Waals surface area contributed by atoms with Crippen molar-refractivity contribution >= 4 is 33.2 Å². The molecule has 1 heterocycles. The van der Waals surface area contributed by atoms with Crippen LogP contribution in [0, 0.1) is 0 Å².